The highest BCUT2D eigenvalue weighted by molar-refractivity contribution is 9.10. The van der Waals surface area contributed by atoms with E-state index < -0.39 is 15.8 Å². The van der Waals surface area contributed by atoms with E-state index in [9.17, 15) is 17.6 Å². The standard InChI is InChI=1S/C13H18BrFN2O3S/c1-9(2)7-16-13(18)8-17(3)21(19,20)12-5-4-10(15)6-11(12)14/h4-6,9H,7-8H2,1-3H3,(H,16,18). The predicted molar refractivity (Wildman–Crippen MR) is 81.8 cm³/mol. The Morgan fingerprint density at radius 2 is 2.05 bits per heavy atom. The highest BCUT2D eigenvalue weighted by Crippen LogP contribution is 2.25. The quantitative estimate of drug-likeness (QED) is 0.820. The molecule has 1 amide bonds. The van der Waals surface area contributed by atoms with E-state index in [1.807, 2.05) is 13.8 Å². The second-order valence-corrected chi connectivity index (χ2v) is 7.90. The Labute approximate surface area is 132 Å². The summed E-state index contributed by atoms with van der Waals surface area (Å²) in [7, 11) is -2.56. The summed E-state index contributed by atoms with van der Waals surface area (Å²) in [6.07, 6.45) is 0. The largest absolute Gasteiger partial charge is 0.355 e. The average Bonchev–Trinajstić information content (AvgIpc) is 2.35. The number of sulfonamides is 1. The molecule has 0 atom stereocenters. The number of nitrogens with one attached hydrogen (secondary N) is 1. The van der Waals surface area contributed by atoms with Crippen molar-refractivity contribution in [3.05, 3.63) is 28.5 Å². The van der Waals surface area contributed by atoms with Gasteiger partial charge in [-0.3, -0.25) is 4.79 Å². The Kier molecular flexibility index (Phi) is 6.30. The van der Waals surface area contributed by atoms with Crippen LogP contribution in [-0.4, -0.2) is 38.8 Å². The van der Waals surface area contributed by atoms with Crippen molar-refractivity contribution in [1.82, 2.24) is 9.62 Å². The van der Waals surface area contributed by atoms with E-state index in [2.05, 4.69) is 21.2 Å². The van der Waals surface area contributed by atoms with Crippen molar-refractivity contribution in [1.29, 1.82) is 0 Å². The Hall–Kier alpha value is -0.990. The Bertz CT molecular complexity index is 620. The maximum Gasteiger partial charge on any atom is 0.244 e. The lowest BCUT2D eigenvalue weighted by atomic mass is 10.2. The number of nitrogens with zero attached hydrogens (tertiary/aromatic N) is 1. The minimum absolute atomic E-state index is 0.0805. The number of hydrogen-bond donors (Lipinski definition) is 1. The number of carbonyl (C=O) groups excluding carboxylic acids is 1. The van der Waals surface area contributed by atoms with Gasteiger partial charge in [-0.25, -0.2) is 12.8 Å². The first-order chi connectivity index (χ1) is 9.64. The zero-order valence-corrected chi connectivity index (χ0v) is 14.5. The van der Waals surface area contributed by atoms with Crippen molar-refractivity contribution in [3.8, 4) is 0 Å². The van der Waals surface area contributed by atoms with Crippen molar-refractivity contribution in [2.45, 2.75) is 18.7 Å². The van der Waals surface area contributed by atoms with E-state index in [1.54, 1.807) is 0 Å². The fourth-order valence-corrected chi connectivity index (χ4v) is 3.65. The van der Waals surface area contributed by atoms with Gasteiger partial charge in [0.25, 0.3) is 0 Å². The smallest absolute Gasteiger partial charge is 0.244 e. The van der Waals surface area contributed by atoms with Gasteiger partial charge in [0.1, 0.15) is 5.82 Å². The molecule has 0 aliphatic rings. The van der Waals surface area contributed by atoms with Gasteiger partial charge in [-0.2, -0.15) is 4.31 Å². The van der Waals surface area contributed by atoms with Gasteiger partial charge in [0, 0.05) is 18.1 Å². The predicted octanol–water partition coefficient (Wildman–Crippen LogP) is 1.98. The third-order valence-electron chi connectivity index (χ3n) is 2.66. The van der Waals surface area contributed by atoms with Crippen molar-refractivity contribution in [3.63, 3.8) is 0 Å². The van der Waals surface area contributed by atoms with Crippen molar-refractivity contribution in [2.75, 3.05) is 20.1 Å². The Morgan fingerprint density at radius 1 is 1.43 bits per heavy atom. The molecule has 0 bridgehead atoms. The van der Waals surface area contributed by atoms with Gasteiger partial charge in [0.05, 0.1) is 11.4 Å². The van der Waals surface area contributed by atoms with Crippen LogP contribution in [0.2, 0.25) is 0 Å². The number of halogens is 2. The lowest BCUT2D eigenvalue weighted by molar-refractivity contribution is -0.121. The maximum atomic E-state index is 13.0. The third kappa shape index (κ3) is 5.05. The number of amides is 1. The molecule has 0 aromatic heterocycles. The van der Waals surface area contributed by atoms with E-state index in [-0.39, 0.29) is 27.7 Å². The summed E-state index contributed by atoms with van der Waals surface area (Å²) in [6.45, 7) is 4.07. The molecule has 0 saturated heterocycles. The van der Waals surface area contributed by atoms with Crippen LogP contribution in [0.1, 0.15) is 13.8 Å². The minimum Gasteiger partial charge on any atom is -0.355 e. The molecule has 0 saturated carbocycles. The van der Waals surface area contributed by atoms with Gasteiger partial charge in [-0.1, -0.05) is 13.8 Å². The molecule has 21 heavy (non-hydrogen) atoms. The molecule has 0 aliphatic carbocycles. The highest BCUT2D eigenvalue weighted by Gasteiger charge is 2.25. The SMILES string of the molecule is CC(C)CNC(=O)CN(C)S(=O)(=O)c1ccc(F)cc1Br. The fraction of sp³-hybridized carbons (Fsp3) is 0.462. The molecule has 0 fully saturated rings. The normalized spacial score (nSPS) is 12.0. The Balaban J connectivity index is 2.85. The van der Waals surface area contributed by atoms with E-state index in [1.165, 1.54) is 7.05 Å². The summed E-state index contributed by atoms with van der Waals surface area (Å²) < 4.78 is 38.7. The summed E-state index contributed by atoms with van der Waals surface area (Å²) in [5.41, 5.74) is 0. The summed E-state index contributed by atoms with van der Waals surface area (Å²) in [5, 5.41) is 2.64. The molecule has 1 aromatic rings. The van der Waals surface area contributed by atoms with Crippen molar-refractivity contribution in [2.24, 2.45) is 5.92 Å². The fourth-order valence-electron chi connectivity index (χ4n) is 1.51. The number of hydrogen-bond acceptors (Lipinski definition) is 3. The molecule has 5 nitrogen and oxygen atoms in total. The van der Waals surface area contributed by atoms with Crippen LogP contribution in [-0.2, 0) is 14.8 Å². The van der Waals surface area contributed by atoms with Gasteiger partial charge in [-0.05, 0) is 40.0 Å². The maximum absolute atomic E-state index is 13.0. The first kappa shape index (κ1) is 18.1. The topological polar surface area (TPSA) is 66.5 Å². The van der Waals surface area contributed by atoms with Gasteiger partial charge in [-0.15, -0.1) is 0 Å². The zero-order chi connectivity index (χ0) is 16.2. The minimum atomic E-state index is -3.86. The van der Waals surface area contributed by atoms with Crippen LogP contribution in [0.15, 0.2) is 27.6 Å². The number of likely N-dealkylation sites (N-methyl/N-ethyl adjacent to an activating group) is 1. The second-order valence-electron chi connectivity index (χ2n) is 5.03. The average molecular weight is 381 g/mol. The van der Waals surface area contributed by atoms with Crippen LogP contribution in [0.4, 0.5) is 4.39 Å². The number of benzene rings is 1. The summed E-state index contributed by atoms with van der Waals surface area (Å²) in [5.74, 6) is -0.645. The molecule has 8 heteroatoms. The first-order valence-corrected chi connectivity index (χ1v) is 8.56. The lowest BCUT2D eigenvalue weighted by Crippen LogP contribution is -2.39. The zero-order valence-electron chi connectivity index (χ0n) is 12.1. The van der Waals surface area contributed by atoms with Gasteiger partial charge < -0.3 is 5.32 Å². The molecule has 118 valence electrons. The van der Waals surface area contributed by atoms with Crippen LogP contribution in [0, 0.1) is 11.7 Å². The van der Waals surface area contributed by atoms with E-state index in [0.717, 1.165) is 22.5 Å². The molecule has 1 N–H and O–H groups in total. The molecule has 0 spiro atoms. The monoisotopic (exact) mass is 380 g/mol. The molecule has 0 unspecified atom stereocenters. The van der Waals surface area contributed by atoms with Crippen LogP contribution >= 0.6 is 15.9 Å². The molecule has 1 rings (SSSR count). The molecular weight excluding hydrogens is 363 g/mol. The molecule has 0 radical (unpaired) electrons. The van der Waals surface area contributed by atoms with Crippen LogP contribution < -0.4 is 5.32 Å². The Morgan fingerprint density at radius 3 is 2.57 bits per heavy atom. The summed E-state index contributed by atoms with van der Waals surface area (Å²) >= 11 is 3.02. The number of rotatable bonds is 6. The lowest BCUT2D eigenvalue weighted by Gasteiger charge is -2.18. The molecular formula is C13H18BrFN2O3S. The molecule has 1 aromatic carbocycles. The van der Waals surface area contributed by atoms with Gasteiger partial charge in [0.15, 0.2) is 0 Å². The second kappa shape index (κ2) is 7.33. The van der Waals surface area contributed by atoms with E-state index in [0.29, 0.717) is 6.54 Å². The summed E-state index contributed by atoms with van der Waals surface area (Å²) in [6, 6.07) is 3.29. The highest BCUT2D eigenvalue weighted by atomic mass is 79.9. The van der Waals surface area contributed by atoms with Gasteiger partial charge >= 0.3 is 0 Å². The first-order valence-electron chi connectivity index (χ1n) is 6.32. The van der Waals surface area contributed by atoms with Crippen molar-refractivity contribution < 1.29 is 17.6 Å². The third-order valence-corrected chi connectivity index (χ3v) is 5.44. The van der Waals surface area contributed by atoms with Crippen LogP contribution in [0.3, 0.4) is 0 Å². The molecule has 0 aliphatic heterocycles. The van der Waals surface area contributed by atoms with Crippen LogP contribution in [0.25, 0.3) is 0 Å². The summed E-state index contributed by atoms with van der Waals surface area (Å²) in [4.78, 5) is 11.6. The van der Waals surface area contributed by atoms with Crippen molar-refractivity contribution >= 4 is 31.9 Å². The molecule has 0 heterocycles. The number of carbonyl (C=O) groups is 1. The van der Waals surface area contributed by atoms with E-state index >= 15 is 0 Å². The van der Waals surface area contributed by atoms with Crippen LogP contribution in [0.5, 0.6) is 0 Å². The van der Waals surface area contributed by atoms with Gasteiger partial charge in [0.2, 0.25) is 15.9 Å². The van der Waals surface area contributed by atoms with E-state index in [4.69, 9.17) is 0 Å².